The molecule has 0 aliphatic heterocycles. The molecule has 1 fully saturated rings. The Morgan fingerprint density at radius 2 is 1.16 bits per heavy atom. The second-order valence-corrected chi connectivity index (χ2v) is 23.5. The summed E-state index contributed by atoms with van der Waals surface area (Å²) in [5, 5.41) is 5.52. The molecule has 1 aliphatic rings. The number of hydrogen-bond donors (Lipinski definition) is 0. The Hall–Kier alpha value is -2.22. The van der Waals surface area contributed by atoms with Crippen LogP contribution < -0.4 is 24.8 Å². The van der Waals surface area contributed by atoms with Gasteiger partial charge in [0.1, 0.15) is 0 Å². The molecule has 7 rings (SSSR count). The molecule has 4 heteroatoms. The van der Waals surface area contributed by atoms with Gasteiger partial charge in [0, 0.05) is 0 Å². The van der Waals surface area contributed by atoms with Gasteiger partial charge in [-0.05, 0) is 59.3 Å². The fourth-order valence-corrected chi connectivity index (χ4v) is 6.92. The quantitative estimate of drug-likeness (QED) is 0.119. The van der Waals surface area contributed by atoms with E-state index >= 15 is 0 Å². The summed E-state index contributed by atoms with van der Waals surface area (Å²) in [6, 6.07) is 40.9. The van der Waals surface area contributed by atoms with Gasteiger partial charge in [-0.15, -0.1) is 69.1 Å². The van der Waals surface area contributed by atoms with E-state index < -0.39 is 0 Å². The molecule has 0 amide bonds. The van der Waals surface area contributed by atoms with Gasteiger partial charge in [0.25, 0.3) is 0 Å². The molecule has 0 saturated heterocycles. The van der Waals surface area contributed by atoms with Crippen LogP contribution in [0.5, 0.6) is 0 Å². The molecule has 1 aliphatic carbocycles. The number of fused-ring (bicyclic) bond motifs is 2. The van der Waals surface area contributed by atoms with Crippen molar-refractivity contribution in [1.29, 1.82) is 0 Å². The molecular formula is C45H52Cl2SiZr-2. The first-order valence-electron chi connectivity index (χ1n) is 17.7. The Balaban J connectivity index is 0.000000233. The van der Waals surface area contributed by atoms with E-state index in [9.17, 15) is 0 Å². The number of halogens is 2. The fraction of sp³-hybridized carbons (Fsp3) is 0.333. The number of benzene rings is 4. The average Bonchev–Trinajstić information content (AvgIpc) is 3.84. The first-order chi connectivity index (χ1) is 22.6. The Morgan fingerprint density at radius 3 is 1.65 bits per heavy atom. The summed E-state index contributed by atoms with van der Waals surface area (Å²) in [4.78, 5) is 0. The van der Waals surface area contributed by atoms with Gasteiger partial charge >= 0.3 is 41.9 Å². The van der Waals surface area contributed by atoms with Crippen LogP contribution in [0.3, 0.4) is 0 Å². The molecular weight excluding hydrogens is 731 g/mol. The molecule has 0 radical (unpaired) electrons. The van der Waals surface area contributed by atoms with Gasteiger partial charge in [-0.2, -0.15) is 12.1 Å². The van der Waals surface area contributed by atoms with Crippen LogP contribution in [-0.4, -0.2) is 5.43 Å². The summed E-state index contributed by atoms with van der Waals surface area (Å²) in [5.41, 5.74) is 11.3. The molecule has 49 heavy (non-hydrogen) atoms. The van der Waals surface area contributed by atoms with Crippen molar-refractivity contribution in [1.82, 2.24) is 0 Å². The minimum atomic E-state index is 0. The third-order valence-electron chi connectivity index (χ3n) is 9.79. The predicted octanol–water partition coefficient (Wildman–Crippen LogP) is 7.85. The van der Waals surface area contributed by atoms with Gasteiger partial charge in [0.2, 0.25) is 0 Å². The molecule has 256 valence electrons. The van der Waals surface area contributed by atoms with Crippen LogP contribution in [0, 0.1) is 6.92 Å². The molecule has 0 spiro atoms. The monoisotopic (exact) mass is 780 g/mol. The van der Waals surface area contributed by atoms with Crippen molar-refractivity contribution in [2.75, 3.05) is 0 Å². The fourth-order valence-electron chi connectivity index (χ4n) is 6.92. The molecule has 1 atom stereocenters. The van der Waals surface area contributed by atoms with Crippen LogP contribution in [0.25, 0.3) is 43.8 Å². The molecule has 0 aromatic heterocycles. The maximum atomic E-state index is 2.46. The topological polar surface area (TPSA) is 0 Å². The van der Waals surface area contributed by atoms with Crippen LogP contribution in [0.15, 0.2) is 109 Å². The van der Waals surface area contributed by atoms with Crippen LogP contribution in [0.2, 0.25) is 13.1 Å². The zero-order chi connectivity index (χ0) is 33.5. The standard InChI is InChI=1S/C23H25.C20H21.C2H6Si.2ClH.Zr/c1-16(2)17-10-12-19(13-11-17)22-9-5-8-20-14-21(15-23(20)22)18-6-3-4-7-18;1-4-15(3)16-8-10-17(11-9-16)19-7-5-6-18-12-14(2)13-20(18)19;1-3-2;;;/h5,8-16,18H,3-4,6-7H2,1-2H3;5-13,15H,4H2,1-3H3;1-2H3;2*1H;/q2*-1;;;;+2/p-2. The number of aryl methyl sites for hydroxylation is 1. The maximum Gasteiger partial charge on any atom is -1.00 e. The zero-order valence-corrected chi connectivity index (χ0v) is 35.4. The van der Waals surface area contributed by atoms with E-state index in [0.717, 1.165) is 5.92 Å². The molecule has 1 unspecified atom stereocenters. The number of rotatable bonds is 6. The van der Waals surface area contributed by atoms with E-state index in [1.807, 2.05) is 0 Å². The maximum absolute atomic E-state index is 2.46. The Morgan fingerprint density at radius 1 is 0.694 bits per heavy atom. The summed E-state index contributed by atoms with van der Waals surface area (Å²) < 4.78 is 0. The summed E-state index contributed by atoms with van der Waals surface area (Å²) in [6.07, 6.45) is 6.73. The Kier molecular flexibility index (Phi) is 16.3. The minimum Gasteiger partial charge on any atom is -1.00 e. The van der Waals surface area contributed by atoms with Gasteiger partial charge in [0.15, 0.2) is 0 Å². The van der Waals surface area contributed by atoms with Crippen molar-refractivity contribution in [3.05, 3.63) is 131 Å². The van der Waals surface area contributed by atoms with Crippen LogP contribution in [-0.2, 0) is 23.3 Å². The van der Waals surface area contributed by atoms with Gasteiger partial charge in [-0.1, -0.05) is 119 Å². The predicted molar refractivity (Wildman–Crippen MR) is 206 cm³/mol. The summed E-state index contributed by atoms with van der Waals surface area (Å²) in [6.45, 7) is 15.8. The smallest absolute Gasteiger partial charge is 1.00 e. The molecule has 0 nitrogen and oxygen atoms in total. The Labute approximate surface area is 324 Å². The van der Waals surface area contributed by atoms with Crippen LogP contribution in [0.4, 0.5) is 0 Å². The second kappa shape index (κ2) is 19.4. The van der Waals surface area contributed by atoms with Crippen LogP contribution in [0.1, 0.15) is 99.8 Å². The van der Waals surface area contributed by atoms with Crippen molar-refractivity contribution >= 4 is 27.0 Å². The van der Waals surface area contributed by atoms with Crippen molar-refractivity contribution in [3.63, 3.8) is 0 Å². The SMILES string of the molecule is CC(C)c1ccc(-c2cccc3[cH-]c(C4CCCC4)cc23)cc1.CCC(C)c1ccc(-c2cccc3[cH-]c(C)cc23)cc1.C[Si](C)=[Zr+2].[Cl-].[Cl-]. The largest absolute Gasteiger partial charge is 1.00 e. The van der Waals surface area contributed by atoms with Crippen molar-refractivity contribution in [3.8, 4) is 22.3 Å². The van der Waals surface area contributed by atoms with Gasteiger partial charge in [-0.25, -0.2) is 0 Å². The zero-order valence-electron chi connectivity index (χ0n) is 30.4. The van der Waals surface area contributed by atoms with E-state index in [2.05, 4.69) is 157 Å². The average molecular weight is 783 g/mol. The van der Waals surface area contributed by atoms with Crippen molar-refractivity contribution < 1.29 is 48.1 Å². The molecule has 0 bridgehead atoms. The first kappa shape index (κ1) is 41.2. The second-order valence-electron chi connectivity index (χ2n) is 14.1. The first-order valence-corrected chi connectivity index (χ1v) is 23.9. The summed E-state index contributed by atoms with van der Waals surface area (Å²) in [7, 11) is 0. The Bertz CT molecular complexity index is 1900. The van der Waals surface area contributed by atoms with E-state index in [4.69, 9.17) is 0 Å². The van der Waals surface area contributed by atoms with E-state index in [1.165, 1.54) is 92.6 Å². The normalized spacial score (nSPS) is 13.2. The van der Waals surface area contributed by atoms with Crippen molar-refractivity contribution in [2.24, 2.45) is 0 Å². The molecule has 6 aromatic rings. The number of hydrogen-bond acceptors (Lipinski definition) is 0. The molecule has 0 heterocycles. The van der Waals surface area contributed by atoms with Gasteiger partial charge < -0.3 is 24.8 Å². The minimum absolute atomic E-state index is 0. The van der Waals surface area contributed by atoms with Gasteiger partial charge in [0.05, 0.1) is 0 Å². The molecule has 1 saturated carbocycles. The summed E-state index contributed by atoms with van der Waals surface area (Å²) in [5.74, 6) is 2.02. The summed E-state index contributed by atoms with van der Waals surface area (Å²) >= 11 is 1.74. The van der Waals surface area contributed by atoms with Gasteiger partial charge in [-0.3, -0.25) is 0 Å². The molecule has 0 N–H and O–H groups in total. The third-order valence-corrected chi connectivity index (χ3v) is 9.79. The van der Waals surface area contributed by atoms with Crippen LogP contribution >= 0.6 is 0 Å². The van der Waals surface area contributed by atoms with Crippen molar-refractivity contribution in [2.45, 2.75) is 97.6 Å². The third kappa shape index (κ3) is 10.6. The van der Waals surface area contributed by atoms with E-state index in [-0.39, 0.29) is 30.2 Å². The van der Waals surface area contributed by atoms with E-state index in [1.54, 1.807) is 28.9 Å². The van der Waals surface area contributed by atoms with E-state index in [0.29, 0.717) is 11.8 Å². The molecule has 6 aromatic carbocycles.